The molecular formula is C13H27NOS. The predicted molar refractivity (Wildman–Crippen MR) is 73.2 cm³/mol. The van der Waals surface area contributed by atoms with Gasteiger partial charge in [-0.25, -0.2) is 0 Å². The van der Waals surface area contributed by atoms with Crippen molar-refractivity contribution in [2.75, 3.05) is 24.7 Å². The number of ether oxygens (including phenoxy) is 1. The monoisotopic (exact) mass is 245 g/mol. The van der Waals surface area contributed by atoms with Crippen LogP contribution < -0.4 is 5.32 Å². The van der Waals surface area contributed by atoms with Crippen LogP contribution in [-0.2, 0) is 4.74 Å². The Bertz CT molecular complexity index is 169. The molecule has 1 aliphatic rings. The molecule has 1 unspecified atom stereocenters. The maximum atomic E-state index is 5.73. The second-order valence-corrected chi connectivity index (χ2v) is 6.15. The average Bonchev–Trinajstić information content (AvgIpc) is 2.27. The van der Waals surface area contributed by atoms with Gasteiger partial charge >= 0.3 is 0 Å². The van der Waals surface area contributed by atoms with E-state index in [1.807, 2.05) is 0 Å². The highest BCUT2D eigenvalue weighted by Crippen LogP contribution is 2.26. The first-order valence-electron chi connectivity index (χ1n) is 6.65. The van der Waals surface area contributed by atoms with Crippen molar-refractivity contribution in [2.24, 2.45) is 5.92 Å². The Kier molecular flexibility index (Phi) is 7.50. The molecule has 3 heteroatoms. The van der Waals surface area contributed by atoms with Crippen LogP contribution in [0.25, 0.3) is 0 Å². The molecule has 0 aromatic rings. The standard InChI is InChI=1S/C13H27NOS/c1-4-14-13(10-15-11(2)3)9-12-5-7-16-8-6-12/h11-14H,4-10H2,1-3H3. The van der Waals surface area contributed by atoms with Crippen LogP contribution in [0.15, 0.2) is 0 Å². The Morgan fingerprint density at radius 2 is 2.00 bits per heavy atom. The second-order valence-electron chi connectivity index (χ2n) is 4.93. The topological polar surface area (TPSA) is 21.3 Å². The Hall–Kier alpha value is 0.270. The van der Waals surface area contributed by atoms with Gasteiger partial charge in [0.2, 0.25) is 0 Å². The number of hydrogen-bond donors (Lipinski definition) is 1. The molecule has 16 heavy (non-hydrogen) atoms. The highest BCUT2D eigenvalue weighted by atomic mass is 32.2. The zero-order chi connectivity index (χ0) is 11.8. The van der Waals surface area contributed by atoms with Crippen molar-refractivity contribution in [1.82, 2.24) is 5.32 Å². The van der Waals surface area contributed by atoms with Gasteiger partial charge in [-0.15, -0.1) is 0 Å². The lowest BCUT2D eigenvalue weighted by Gasteiger charge is -2.27. The molecule has 1 saturated heterocycles. The maximum Gasteiger partial charge on any atom is 0.0623 e. The lowest BCUT2D eigenvalue weighted by molar-refractivity contribution is 0.0560. The maximum absolute atomic E-state index is 5.73. The lowest BCUT2D eigenvalue weighted by atomic mass is 9.94. The molecule has 1 heterocycles. The fraction of sp³-hybridized carbons (Fsp3) is 1.00. The average molecular weight is 245 g/mol. The van der Waals surface area contributed by atoms with Crippen molar-refractivity contribution in [2.45, 2.75) is 52.2 Å². The van der Waals surface area contributed by atoms with Gasteiger partial charge < -0.3 is 10.1 Å². The smallest absolute Gasteiger partial charge is 0.0623 e. The van der Waals surface area contributed by atoms with Gasteiger partial charge in [0, 0.05) is 6.04 Å². The summed E-state index contributed by atoms with van der Waals surface area (Å²) in [4.78, 5) is 0. The molecule has 1 N–H and O–H groups in total. The molecular weight excluding hydrogens is 218 g/mol. The molecule has 0 saturated carbocycles. The SMILES string of the molecule is CCNC(COC(C)C)CC1CCSCC1. The molecule has 96 valence electrons. The van der Waals surface area contributed by atoms with Gasteiger partial charge in [-0.1, -0.05) is 6.92 Å². The quantitative estimate of drug-likeness (QED) is 0.745. The summed E-state index contributed by atoms with van der Waals surface area (Å²) in [6.07, 6.45) is 4.44. The van der Waals surface area contributed by atoms with Crippen molar-refractivity contribution < 1.29 is 4.74 Å². The van der Waals surface area contributed by atoms with Crippen LogP contribution >= 0.6 is 11.8 Å². The van der Waals surface area contributed by atoms with Gasteiger partial charge in [0.25, 0.3) is 0 Å². The molecule has 0 amide bonds. The highest BCUT2D eigenvalue weighted by molar-refractivity contribution is 7.99. The predicted octanol–water partition coefficient (Wildman–Crippen LogP) is 2.92. The van der Waals surface area contributed by atoms with Crippen LogP contribution in [0.4, 0.5) is 0 Å². The van der Waals surface area contributed by atoms with Crippen LogP contribution in [0, 0.1) is 5.92 Å². The van der Waals surface area contributed by atoms with E-state index in [9.17, 15) is 0 Å². The van der Waals surface area contributed by atoms with Gasteiger partial charge in [-0.05, 0) is 57.1 Å². The Morgan fingerprint density at radius 3 is 2.56 bits per heavy atom. The summed E-state index contributed by atoms with van der Waals surface area (Å²) in [6, 6.07) is 0.556. The van der Waals surface area contributed by atoms with Crippen LogP contribution in [0.5, 0.6) is 0 Å². The second kappa shape index (κ2) is 8.37. The third-order valence-corrected chi connectivity index (χ3v) is 4.13. The van der Waals surface area contributed by atoms with E-state index in [4.69, 9.17) is 4.74 Å². The van der Waals surface area contributed by atoms with E-state index in [1.165, 1.54) is 30.8 Å². The number of rotatable bonds is 7. The first-order chi connectivity index (χ1) is 7.72. The van der Waals surface area contributed by atoms with Crippen molar-refractivity contribution in [1.29, 1.82) is 0 Å². The van der Waals surface area contributed by atoms with Crippen LogP contribution in [-0.4, -0.2) is 36.8 Å². The fourth-order valence-corrected chi connectivity index (χ4v) is 3.40. The molecule has 1 atom stereocenters. The summed E-state index contributed by atoms with van der Waals surface area (Å²) >= 11 is 2.11. The molecule has 2 nitrogen and oxygen atoms in total. The molecule has 1 fully saturated rings. The van der Waals surface area contributed by atoms with E-state index in [-0.39, 0.29) is 0 Å². The molecule has 0 aromatic carbocycles. The minimum Gasteiger partial charge on any atom is -0.377 e. The van der Waals surface area contributed by atoms with Crippen molar-refractivity contribution >= 4 is 11.8 Å². The summed E-state index contributed by atoms with van der Waals surface area (Å²) < 4.78 is 5.73. The van der Waals surface area contributed by atoms with Gasteiger partial charge in [-0.2, -0.15) is 11.8 Å². The van der Waals surface area contributed by atoms with Gasteiger partial charge in [0.1, 0.15) is 0 Å². The number of nitrogens with one attached hydrogen (secondary N) is 1. The van der Waals surface area contributed by atoms with Crippen LogP contribution in [0.3, 0.4) is 0 Å². The molecule has 0 spiro atoms. The van der Waals surface area contributed by atoms with Gasteiger partial charge in [0.15, 0.2) is 0 Å². The Balaban J connectivity index is 2.25. The molecule has 0 bridgehead atoms. The normalized spacial score (nSPS) is 20.2. The van der Waals surface area contributed by atoms with E-state index in [2.05, 4.69) is 37.8 Å². The zero-order valence-electron chi connectivity index (χ0n) is 11.0. The molecule has 0 aliphatic carbocycles. The Morgan fingerprint density at radius 1 is 1.31 bits per heavy atom. The molecule has 1 aliphatic heterocycles. The number of likely N-dealkylation sites (N-methyl/N-ethyl adjacent to an activating group) is 1. The molecule has 1 rings (SSSR count). The van der Waals surface area contributed by atoms with Crippen molar-refractivity contribution in [3.63, 3.8) is 0 Å². The number of thioether (sulfide) groups is 1. The minimum absolute atomic E-state index is 0.350. The van der Waals surface area contributed by atoms with Crippen molar-refractivity contribution in [3.05, 3.63) is 0 Å². The summed E-state index contributed by atoms with van der Waals surface area (Å²) in [5.41, 5.74) is 0. The molecule has 0 radical (unpaired) electrons. The summed E-state index contributed by atoms with van der Waals surface area (Å²) in [5.74, 6) is 3.63. The van der Waals surface area contributed by atoms with Gasteiger partial charge in [0.05, 0.1) is 12.7 Å². The van der Waals surface area contributed by atoms with E-state index < -0.39 is 0 Å². The lowest BCUT2D eigenvalue weighted by Crippen LogP contribution is -2.36. The van der Waals surface area contributed by atoms with E-state index >= 15 is 0 Å². The van der Waals surface area contributed by atoms with Crippen molar-refractivity contribution in [3.8, 4) is 0 Å². The van der Waals surface area contributed by atoms with Crippen LogP contribution in [0.1, 0.15) is 40.0 Å². The third kappa shape index (κ3) is 6.12. The first kappa shape index (κ1) is 14.3. The van der Waals surface area contributed by atoms with Crippen LogP contribution in [0.2, 0.25) is 0 Å². The largest absolute Gasteiger partial charge is 0.377 e. The van der Waals surface area contributed by atoms with Gasteiger partial charge in [-0.3, -0.25) is 0 Å². The minimum atomic E-state index is 0.350. The highest BCUT2D eigenvalue weighted by Gasteiger charge is 2.19. The fourth-order valence-electron chi connectivity index (χ4n) is 2.19. The Labute approximate surface area is 105 Å². The van der Waals surface area contributed by atoms with E-state index in [1.54, 1.807) is 0 Å². The number of hydrogen-bond acceptors (Lipinski definition) is 3. The summed E-state index contributed by atoms with van der Waals surface area (Å²) in [7, 11) is 0. The third-order valence-electron chi connectivity index (χ3n) is 3.08. The zero-order valence-corrected chi connectivity index (χ0v) is 11.8. The summed E-state index contributed by atoms with van der Waals surface area (Å²) in [5, 5.41) is 3.55. The summed E-state index contributed by atoms with van der Waals surface area (Å²) in [6.45, 7) is 8.32. The molecule has 0 aromatic heterocycles. The first-order valence-corrected chi connectivity index (χ1v) is 7.80. The van der Waals surface area contributed by atoms with E-state index in [0.29, 0.717) is 12.1 Å². The van der Waals surface area contributed by atoms with E-state index in [0.717, 1.165) is 19.1 Å².